The molecule has 1 aromatic rings. The summed E-state index contributed by atoms with van der Waals surface area (Å²) in [5.41, 5.74) is 0.0270. The molecule has 20 heavy (non-hydrogen) atoms. The van der Waals surface area contributed by atoms with E-state index >= 15 is 0 Å². The summed E-state index contributed by atoms with van der Waals surface area (Å²) in [5.74, 6) is -1.07. The van der Waals surface area contributed by atoms with Crippen LogP contribution in [-0.2, 0) is 4.74 Å². The summed E-state index contributed by atoms with van der Waals surface area (Å²) < 4.78 is 4.95. The molecule has 0 radical (unpaired) electrons. The Labute approximate surface area is 127 Å². The van der Waals surface area contributed by atoms with Crippen LogP contribution in [0.4, 0.5) is 0 Å². The van der Waals surface area contributed by atoms with Gasteiger partial charge >= 0.3 is 5.97 Å². The largest absolute Gasteiger partial charge is 0.478 e. The number of aliphatic hydroxyl groups is 2. The van der Waals surface area contributed by atoms with Gasteiger partial charge in [0, 0.05) is 0 Å². The first kappa shape index (κ1) is 19.1. The maximum atomic E-state index is 10.4. The summed E-state index contributed by atoms with van der Waals surface area (Å²) in [7, 11) is 0. The van der Waals surface area contributed by atoms with Crippen molar-refractivity contribution < 1.29 is 24.9 Å². The Morgan fingerprint density at radius 1 is 1.35 bits per heavy atom. The van der Waals surface area contributed by atoms with E-state index in [0.717, 1.165) is 0 Å². The molecule has 0 aliphatic rings. The fourth-order valence-electron chi connectivity index (χ4n) is 1.03. The molecule has 1 aromatic carbocycles. The number of hydrogen-bond acceptors (Lipinski definition) is 4. The molecule has 1 rings (SSSR count). The van der Waals surface area contributed by atoms with Crippen molar-refractivity contribution in [1.82, 2.24) is 0 Å². The van der Waals surface area contributed by atoms with E-state index in [1.54, 1.807) is 13.8 Å². The topological polar surface area (TPSA) is 87.0 Å². The number of ether oxygens (including phenoxy) is 1. The normalized spacial score (nSPS) is 13.1. The zero-order valence-corrected chi connectivity index (χ0v) is 12.7. The highest BCUT2D eigenvalue weighted by atomic mass is 35.5. The number of carboxylic acids is 1. The quantitative estimate of drug-likeness (QED) is 0.774. The van der Waals surface area contributed by atoms with Crippen LogP contribution < -0.4 is 0 Å². The minimum Gasteiger partial charge on any atom is -0.478 e. The average molecular weight is 325 g/mol. The van der Waals surface area contributed by atoms with Crippen molar-refractivity contribution in [3.05, 3.63) is 33.8 Å². The lowest BCUT2D eigenvalue weighted by Gasteiger charge is -2.10. The number of hydrogen-bond donors (Lipinski definition) is 3. The van der Waals surface area contributed by atoms with E-state index in [9.17, 15) is 4.79 Å². The van der Waals surface area contributed by atoms with Crippen LogP contribution in [0.15, 0.2) is 18.2 Å². The maximum Gasteiger partial charge on any atom is 0.337 e. The molecule has 2 atom stereocenters. The minimum absolute atomic E-state index is 0.00667. The summed E-state index contributed by atoms with van der Waals surface area (Å²) in [5, 5.41) is 26.0. The van der Waals surface area contributed by atoms with Gasteiger partial charge in [-0.2, -0.15) is 0 Å². The molecule has 2 unspecified atom stereocenters. The summed E-state index contributed by atoms with van der Waals surface area (Å²) in [6.45, 7) is 3.70. The lowest BCUT2D eigenvalue weighted by Crippen LogP contribution is -2.19. The molecule has 0 fully saturated rings. The van der Waals surface area contributed by atoms with E-state index in [-0.39, 0.29) is 28.3 Å². The highest BCUT2D eigenvalue weighted by molar-refractivity contribution is 6.43. The summed E-state index contributed by atoms with van der Waals surface area (Å²) >= 11 is 11.1. The molecular weight excluding hydrogens is 307 g/mol. The highest BCUT2D eigenvalue weighted by Gasteiger charge is 2.09. The Hall–Kier alpha value is -0.850. The Bertz CT molecular complexity index is 423. The molecule has 0 bridgehead atoms. The van der Waals surface area contributed by atoms with Crippen molar-refractivity contribution in [1.29, 1.82) is 0 Å². The van der Waals surface area contributed by atoms with Crippen molar-refractivity contribution in [3.8, 4) is 0 Å². The van der Waals surface area contributed by atoms with Gasteiger partial charge in [0.2, 0.25) is 0 Å². The smallest absolute Gasteiger partial charge is 0.337 e. The number of aliphatic hydroxyl groups excluding tert-OH is 2. The lowest BCUT2D eigenvalue weighted by molar-refractivity contribution is -0.0177. The molecule has 3 N–H and O–H groups in total. The number of halogens is 2. The first-order valence-electron chi connectivity index (χ1n) is 5.87. The van der Waals surface area contributed by atoms with E-state index in [4.69, 9.17) is 43.3 Å². The van der Waals surface area contributed by atoms with Crippen LogP contribution in [0.25, 0.3) is 0 Å². The van der Waals surface area contributed by atoms with Crippen molar-refractivity contribution in [2.45, 2.75) is 26.1 Å². The molecule has 5 nitrogen and oxygen atoms in total. The van der Waals surface area contributed by atoms with E-state index in [1.165, 1.54) is 18.2 Å². The summed E-state index contributed by atoms with van der Waals surface area (Å²) in [6, 6.07) is 4.48. The van der Waals surface area contributed by atoms with Gasteiger partial charge in [0.15, 0.2) is 0 Å². The van der Waals surface area contributed by atoms with E-state index in [1.807, 2.05) is 0 Å². The minimum atomic E-state index is -1.07. The number of rotatable bonds is 5. The third kappa shape index (κ3) is 7.67. The van der Waals surface area contributed by atoms with Crippen LogP contribution in [-0.4, -0.2) is 46.7 Å². The SMILES string of the molecule is CC(O)COC(C)CO.O=C(O)c1cccc(Cl)c1Cl. The lowest BCUT2D eigenvalue weighted by atomic mass is 10.2. The van der Waals surface area contributed by atoms with Gasteiger partial charge in [0.25, 0.3) is 0 Å². The van der Waals surface area contributed by atoms with Crippen molar-refractivity contribution in [3.63, 3.8) is 0 Å². The Morgan fingerprint density at radius 2 is 1.95 bits per heavy atom. The predicted octanol–water partition coefficient (Wildman–Crippen LogP) is 2.46. The van der Waals surface area contributed by atoms with Gasteiger partial charge in [-0.25, -0.2) is 4.79 Å². The van der Waals surface area contributed by atoms with E-state index in [0.29, 0.717) is 6.61 Å². The maximum absolute atomic E-state index is 10.4. The fourth-order valence-corrected chi connectivity index (χ4v) is 1.41. The summed E-state index contributed by atoms with van der Waals surface area (Å²) in [4.78, 5) is 10.4. The highest BCUT2D eigenvalue weighted by Crippen LogP contribution is 2.25. The second-order valence-corrected chi connectivity index (χ2v) is 4.87. The van der Waals surface area contributed by atoms with Gasteiger partial charge in [-0.15, -0.1) is 0 Å². The Morgan fingerprint density at radius 3 is 2.35 bits per heavy atom. The molecule has 0 saturated carbocycles. The number of carbonyl (C=O) groups is 1. The summed E-state index contributed by atoms with van der Waals surface area (Å²) in [6.07, 6.45) is -0.612. The molecule has 0 spiro atoms. The van der Waals surface area contributed by atoms with Gasteiger partial charge in [-0.1, -0.05) is 29.3 Å². The molecule has 0 aliphatic heterocycles. The number of aromatic carboxylic acids is 1. The molecule has 7 heteroatoms. The van der Waals surface area contributed by atoms with E-state index in [2.05, 4.69) is 0 Å². The van der Waals surface area contributed by atoms with Gasteiger partial charge in [0.05, 0.1) is 41.0 Å². The van der Waals surface area contributed by atoms with Crippen LogP contribution in [0.1, 0.15) is 24.2 Å². The predicted molar refractivity (Wildman–Crippen MR) is 77.6 cm³/mol. The van der Waals surface area contributed by atoms with Gasteiger partial charge in [0.1, 0.15) is 0 Å². The molecule has 0 aliphatic carbocycles. The van der Waals surface area contributed by atoms with E-state index < -0.39 is 12.1 Å². The molecule has 114 valence electrons. The zero-order valence-electron chi connectivity index (χ0n) is 11.2. The van der Waals surface area contributed by atoms with Crippen molar-refractivity contribution >= 4 is 29.2 Å². The van der Waals surface area contributed by atoms with Crippen LogP contribution >= 0.6 is 23.2 Å². The molecule has 0 amide bonds. The second kappa shape index (κ2) is 9.96. The second-order valence-electron chi connectivity index (χ2n) is 4.08. The molecular formula is C13H18Cl2O5. The van der Waals surface area contributed by atoms with Gasteiger partial charge in [-0.3, -0.25) is 0 Å². The van der Waals surface area contributed by atoms with Crippen LogP contribution in [0.5, 0.6) is 0 Å². The average Bonchev–Trinajstić information content (AvgIpc) is 2.39. The molecule has 0 saturated heterocycles. The molecule has 0 heterocycles. The van der Waals surface area contributed by atoms with Gasteiger partial charge < -0.3 is 20.1 Å². The van der Waals surface area contributed by atoms with Gasteiger partial charge in [-0.05, 0) is 26.0 Å². The zero-order chi connectivity index (χ0) is 15.7. The monoisotopic (exact) mass is 324 g/mol. The van der Waals surface area contributed by atoms with Crippen LogP contribution in [0, 0.1) is 0 Å². The van der Waals surface area contributed by atoms with Crippen molar-refractivity contribution in [2.75, 3.05) is 13.2 Å². The molecule has 0 aromatic heterocycles. The first-order chi connectivity index (χ1) is 9.29. The number of benzene rings is 1. The van der Waals surface area contributed by atoms with Crippen LogP contribution in [0.2, 0.25) is 10.0 Å². The fraction of sp³-hybridized carbons (Fsp3) is 0.462. The van der Waals surface area contributed by atoms with Crippen molar-refractivity contribution in [2.24, 2.45) is 0 Å². The first-order valence-corrected chi connectivity index (χ1v) is 6.63. The van der Waals surface area contributed by atoms with Crippen LogP contribution in [0.3, 0.4) is 0 Å². The number of carboxylic acid groups (broad SMARTS) is 1. The Kier molecular flexibility index (Phi) is 9.54. The standard InChI is InChI=1S/C7H4Cl2O2.C6H14O3/c8-5-3-1-2-4(6(5)9)7(10)11;1-5(8)4-9-6(2)3-7/h1-3H,(H,10,11);5-8H,3-4H2,1-2H3. The third-order valence-corrected chi connectivity index (χ3v) is 2.88. The third-order valence-electron chi connectivity index (χ3n) is 2.06. The Balaban J connectivity index is 0.000000370.